The van der Waals surface area contributed by atoms with Gasteiger partial charge in [-0.1, -0.05) is 0 Å². The molecule has 5 nitrogen and oxygen atoms in total. The minimum Gasteiger partial charge on any atom is -0.497 e. The quantitative estimate of drug-likeness (QED) is 0.814. The van der Waals surface area contributed by atoms with E-state index in [1.54, 1.807) is 12.1 Å². The van der Waals surface area contributed by atoms with Gasteiger partial charge in [-0.3, -0.25) is 0 Å². The molecule has 1 saturated heterocycles. The highest BCUT2D eigenvalue weighted by atomic mass is 16.5. The summed E-state index contributed by atoms with van der Waals surface area (Å²) in [5.41, 5.74) is 0.943. The predicted octanol–water partition coefficient (Wildman–Crippen LogP) is 1.59. The average molecular weight is 237 g/mol. The fourth-order valence-corrected chi connectivity index (χ4v) is 1.62. The molecule has 2 N–H and O–H groups in total. The molecule has 0 aromatic heterocycles. The highest BCUT2D eigenvalue weighted by Gasteiger charge is 2.17. The van der Waals surface area contributed by atoms with Crippen molar-refractivity contribution in [2.24, 2.45) is 0 Å². The summed E-state index contributed by atoms with van der Waals surface area (Å²) in [6.07, 6.45) is 1.28. The van der Waals surface area contributed by atoms with Crippen LogP contribution in [0.1, 0.15) is 16.8 Å². The molecule has 0 spiro atoms. The van der Waals surface area contributed by atoms with Gasteiger partial charge in [0.1, 0.15) is 5.75 Å². The molecule has 1 fully saturated rings. The van der Waals surface area contributed by atoms with Gasteiger partial charge < -0.3 is 19.9 Å². The van der Waals surface area contributed by atoms with Crippen molar-refractivity contribution in [2.45, 2.75) is 12.5 Å². The monoisotopic (exact) mass is 237 g/mol. The molecule has 92 valence electrons. The van der Waals surface area contributed by atoms with Crippen molar-refractivity contribution in [3.8, 4) is 5.75 Å². The van der Waals surface area contributed by atoms with Gasteiger partial charge in [0.05, 0.1) is 18.8 Å². The molecule has 0 saturated carbocycles. The lowest BCUT2D eigenvalue weighted by Crippen LogP contribution is -2.33. The van der Waals surface area contributed by atoms with E-state index in [-0.39, 0.29) is 11.7 Å². The van der Waals surface area contributed by atoms with Gasteiger partial charge in [-0.05, 0) is 18.6 Å². The van der Waals surface area contributed by atoms with Crippen molar-refractivity contribution in [3.05, 3.63) is 23.8 Å². The molecule has 1 aromatic carbocycles. The summed E-state index contributed by atoms with van der Waals surface area (Å²) in [7, 11) is 1.51. The number of rotatable bonds is 5. The second kappa shape index (κ2) is 5.05. The molecule has 1 aliphatic rings. The predicted molar refractivity (Wildman–Crippen MR) is 62.8 cm³/mol. The first-order valence-electron chi connectivity index (χ1n) is 5.47. The average Bonchev–Trinajstić information content (AvgIpc) is 2.26. The van der Waals surface area contributed by atoms with Crippen LogP contribution in [0.15, 0.2) is 18.2 Å². The number of hydrogen-bond donors (Lipinski definition) is 2. The van der Waals surface area contributed by atoms with Crippen LogP contribution in [0, 0.1) is 0 Å². The number of hydrogen-bond acceptors (Lipinski definition) is 4. The Labute approximate surface area is 99.3 Å². The van der Waals surface area contributed by atoms with Crippen LogP contribution >= 0.6 is 0 Å². The first kappa shape index (κ1) is 11.7. The van der Waals surface area contributed by atoms with E-state index >= 15 is 0 Å². The Morgan fingerprint density at radius 3 is 2.88 bits per heavy atom. The van der Waals surface area contributed by atoms with Crippen LogP contribution in [-0.4, -0.2) is 37.4 Å². The summed E-state index contributed by atoms with van der Waals surface area (Å²) in [6.45, 7) is 1.50. The van der Waals surface area contributed by atoms with E-state index in [1.165, 1.54) is 13.2 Å². The standard InChI is InChI=1S/C12H15NO4/c1-16-11-5-8(12(14)15)4-9(6-11)13-7-10-2-3-17-10/h4-6,10,13H,2-3,7H2,1H3,(H,14,15). The SMILES string of the molecule is COc1cc(NCC2CCO2)cc(C(=O)O)c1. The molecule has 0 bridgehead atoms. The molecule has 17 heavy (non-hydrogen) atoms. The Morgan fingerprint density at radius 1 is 1.59 bits per heavy atom. The maximum atomic E-state index is 10.9. The highest BCUT2D eigenvalue weighted by Crippen LogP contribution is 2.21. The minimum absolute atomic E-state index is 0.210. The minimum atomic E-state index is -0.966. The summed E-state index contributed by atoms with van der Waals surface area (Å²) in [4.78, 5) is 10.9. The van der Waals surface area contributed by atoms with E-state index < -0.39 is 5.97 Å². The van der Waals surface area contributed by atoms with Crippen LogP contribution in [0.4, 0.5) is 5.69 Å². The van der Waals surface area contributed by atoms with E-state index in [9.17, 15) is 4.79 Å². The zero-order chi connectivity index (χ0) is 12.3. The van der Waals surface area contributed by atoms with Gasteiger partial charge in [0.2, 0.25) is 0 Å². The normalized spacial score (nSPS) is 18.3. The summed E-state index contributed by atoms with van der Waals surface area (Å²) < 4.78 is 10.3. The van der Waals surface area contributed by atoms with Crippen LogP contribution in [0.2, 0.25) is 0 Å². The van der Waals surface area contributed by atoms with Gasteiger partial charge in [-0.15, -0.1) is 0 Å². The maximum absolute atomic E-state index is 10.9. The molecule has 1 heterocycles. The second-order valence-corrected chi connectivity index (χ2v) is 3.92. The van der Waals surface area contributed by atoms with Crippen molar-refractivity contribution >= 4 is 11.7 Å². The lowest BCUT2D eigenvalue weighted by molar-refractivity contribution is -0.0410. The summed E-state index contributed by atoms with van der Waals surface area (Å²) in [5, 5.41) is 12.1. The van der Waals surface area contributed by atoms with Gasteiger partial charge in [0.25, 0.3) is 0 Å². The first-order chi connectivity index (χ1) is 8.19. The molecular weight excluding hydrogens is 222 g/mol. The number of carbonyl (C=O) groups is 1. The number of aromatic carboxylic acids is 1. The zero-order valence-corrected chi connectivity index (χ0v) is 9.60. The molecule has 0 radical (unpaired) electrons. The maximum Gasteiger partial charge on any atom is 0.335 e. The third-order valence-electron chi connectivity index (χ3n) is 2.72. The van der Waals surface area contributed by atoms with Gasteiger partial charge in [0, 0.05) is 24.9 Å². The van der Waals surface area contributed by atoms with Gasteiger partial charge >= 0.3 is 5.97 Å². The van der Waals surface area contributed by atoms with E-state index in [2.05, 4.69) is 5.32 Å². The molecule has 5 heteroatoms. The Balaban J connectivity index is 2.08. The Kier molecular flexibility index (Phi) is 3.49. The van der Waals surface area contributed by atoms with E-state index in [0.29, 0.717) is 12.3 Å². The molecular formula is C12H15NO4. The molecule has 1 aromatic rings. The van der Waals surface area contributed by atoms with Crippen LogP contribution in [0.3, 0.4) is 0 Å². The molecule has 2 rings (SSSR count). The number of anilines is 1. The molecule has 1 atom stereocenters. The molecule has 1 unspecified atom stereocenters. The largest absolute Gasteiger partial charge is 0.497 e. The van der Waals surface area contributed by atoms with E-state index in [0.717, 1.165) is 18.7 Å². The second-order valence-electron chi connectivity index (χ2n) is 3.92. The van der Waals surface area contributed by atoms with Crippen LogP contribution in [0.5, 0.6) is 5.75 Å². The van der Waals surface area contributed by atoms with Crippen molar-refractivity contribution in [1.29, 1.82) is 0 Å². The lowest BCUT2D eigenvalue weighted by atomic mass is 10.1. The van der Waals surface area contributed by atoms with Crippen LogP contribution < -0.4 is 10.1 Å². The number of ether oxygens (including phenoxy) is 2. The number of carboxylic acids is 1. The fraction of sp³-hybridized carbons (Fsp3) is 0.417. The van der Waals surface area contributed by atoms with Crippen molar-refractivity contribution in [1.82, 2.24) is 0 Å². The Morgan fingerprint density at radius 2 is 2.35 bits per heavy atom. The van der Waals surface area contributed by atoms with Gasteiger partial charge in [0.15, 0.2) is 0 Å². The molecule has 0 amide bonds. The highest BCUT2D eigenvalue weighted by molar-refractivity contribution is 5.89. The Bertz CT molecular complexity index is 415. The third-order valence-corrected chi connectivity index (χ3v) is 2.72. The zero-order valence-electron chi connectivity index (χ0n) is 9.60. The summed E-state index contributed by atoms with van der Waals surface area (Å²) >= 11 is 0. The van der Waals surface area contributed by atoms with Gasteiger partial charge in [-0.2, -0.15) is 0 Å². The number of carboxylic acid groups (broad SMARTS) is 1. The smallest absolute Gasteiger partial charge is 0.335 e. The van der Waals surface area contributed by atoms with E-state index in [4.69, 9.17) is 14.6 Å². The third kappa shape index (κ3) is 2.88. The molecule has 0 aliphatic carbocycles. The van der Waals surface area contributed by atoms with E-state index in [1.807, 2.05) is 0 Å². The first-order valence-corrected chi connectivity index (χ1v) is 5.47. The summed E-state index contributed by atoms with van der Waals surface area (Å²) in [5.74, 6) is -0.436. The van der Waals surface area contributed by atoms with Crippen molar-refractivity contribution in [3.63, 3.8) is 0 Å². The number of benzene rings is 1. The van der Waals surface area contributed by atoms with Gasteiger partial charge in [-0.25, -0.2) is 4.79 Å². The number of methoxy groups -OCH3 is 1. The number of nitrogens with one attached hydrogen (secondary N) is 1. The fourth-order valence-electron chi connectivity index (χ4n) is 1.62. The topological polar surface area (TPSA) is 67.8 Å². The van der Waals surface area contributed by atoms with Crippen molar-refractivity contribution in [2.75, 3.05) is 25.6 Å². The summed E-state index contributed by atoms with van der Waals surface area (Å²) in [6, 6.07) is 4.85. The Hall–Kier alpha value is -1.75. The van der Waals surface area contributed by atoms with Crippen LogP contribution in [0.25, 0.3) is 0 Å². The van der Waals surface area contributed by atoms with Crippen molar-refractivity contribution < 1.29 is 19.4 Å². The molecule has 1 aliphatic heterocycles. The lowest BCUT2D eigenvalue weighted by Gasteiger charge is -2.27. The van der Waals surface area contributed by atoms with Crippen LogP contribution in [-0.2, 0) is 4.74 Å².